The van der Waals surface area contributed by atoms with Crippen molar-refractivity contribution in [1.82, 2.24) is 4.90 Å². The van der Waals surface area contributed by atoms with Crippen molar-refractivity contribution in [2.75, 3.05) is 20.1 Å². The molecule has 2 aromatic carbocycles. The van der Waals surface area contributed by atoms with E-state index in [1.165, 1.54) is 49.1 Å². The van der Waals surface area contributed by atoms with Gasteiger partial charge in [-0.2, -0.15) is 0 Å². The highest BCUT2D eigenvalue weighted by Crippen LogP contribution is 2.27. The number of allylic oxidation sites excluding steroid dienone is 1. The number of piperidine rings is 1. The molecule has 0 amide bonds. The third-order valence-electron chi connectivity index (χ3n) is 4.66. The lowest BCUT2D eigenvalue weighted by molar-refractivity contribution is 0.221. The van der Waals surface area contributed by atoms with Gasteiger partial charge in [-0.3, -0.25) is 0 Å². The highest BCUT2D eigenvalue weighted by Gasteiger charge is 2.16. The van der Waals surface area contributed by atoms with Crippen molar-refractivity contribution in [2.24, 2.45) is 5.92 Å². The summed E-state index contributed by atoms with van der Waals surface area (Å²) in [5.41, 5.74) is 4.02. The summed E-state index contributed by atoms with van der Waals surface area (Å²) in [6, 6.07) is 21.5. The van der Waals surface area contributed by atoms with Crippen molar-refractivity contribution in [3.8, 4) is 0 Å². The molecule has 23 heavy (non-hydrogen) atoms. The second kappa shape index (κ2) is 8.90. The molecule has 1 aliphatic rings. The predicted octanol–water partition coefficient (Wildman–Crippen LogP) is 5.27. The molecule has 0 spiro atoms. The number of halogens is 1. The van der Waals surface area contributed by atoms with Gasteiger partial charge in [0.25, 0.3) is 0 Å². The number of nitrogens with zero attached hydrogens (tertiary/aromatic N) is 1. The van der Waals surface area contributed by atoms with Crippen LogP contribution in [-0.4, -0.2) is 25.0 Å². The van der Waals surface area contributed by atoms with Crippen molar-refractivity contribution in [2.45, 2.75) is 19.3 Å². The van der Waals surface area contributed by atoms with Crippen molar-refractivity contribution in [3.05, 3.63) is 77.9 Å². The maximum Gasteiger partial charge on any atom is -0.00190 e. The summed E-state index contributed by atoms with van der Waals surface area (Å²) < 4.78 is 0. The molecule has 0 aromatic heterocycles. The lowest BCUT2D eigenvalue weighted by atomic mass is 9.90. The summed E-state index contributed by atoms with van der Waals surface area (Å²) in [6.07, 6.45) is 6.29. The lowest BCUT2D eigenvalue weighted by Crippen LogP contribution is -2.29. The topological polar surface area (TPSA) is 3.24 Å². The zero-order valence-electron chi connectivity index (χ0n) is 13.8. The van der Waals surface area contributed by atoms with Crippen LogP contribution in [0.3, 0.4) is 0 Å². The third-order valence-corrected chi connectivity index (χ3v) is 4.66. The van der Waals surface area contributed by atoms with Gasteiger partial charge in [0.15, 0.2) is 0 Å². The largest absolute Gasteiger partial charge is 0.306 e. The Hall–Kier alpha value is -1.57. The van der Waals surface area contributed by atoms with Crippen LogP contribution in [0.4, 0.5) is 0 Å². The van der Waals surface area contributed by atoms with Crippen LogP contribution in [0.15, 0.2) is 66.7 Å². The normalized spacial score (nSPS) is 15.7. The molecule has 1 heterocycles. The summed E-state index contributed by atoms with van der Waals surface area (Å²) in [7, 11) is 2.23. The molecule has 1 saturated heterocycles. The van der Waals surface area contributed by atoms with Crippen LogP contribution >= 0.6 is 12.4 Å². The molecule has 1 nitrogen and oxygen atoms in total. The van der Waals surface area contributed by atoms with Gasteiger partial charge in [-0.05, 0) is 62.0 Å². The van der Waals surface area contributed by atoms with E-state index in [9.17, 15) is 0 Å². The van der Waals surface area contributed by atoms with Gasteiger partial charge in [0, 0.05) is 0 Å². The maximum absolute atomic E-state index is 2.46. The van der Waals surface area contributed by atoms with E-state index in [1.54, 1.807) is 0 Å². The first kappa shape index (κ1) is 17.8. The number of likely N-dealkylation sites (tertiary alicyclic amines) is 1. The second-order valence-electron chi connectivity index (χ2n) is 6.33. The summed E-state index contributed by atoms with van der Waals surface area (Å²) in [6.45, 7) is 2.48. The van der Waals surface area contributed by atoms with Gasteiger partial charge in [0.05, 0.1) is 0 Å². The van der Waals surface area contributed by atoms with E-state index < -0.39 is 0 Å². The minimum Gasteiger partial charge on any atom is -0.306 e. The molecule has 0 bridgehead atoms. The average molecular weight is 328 g/mol. The fraction of sp³-hybridized carbons (Fsp3) is 0.333. The van der Waals surface area contributed by atoms with E-state index in [2.05, 4.69) is 78.7 Å². The monoisotopic (exact) mass is 327 g/mol. The van der Waals surface area contributed by atoms with Gasteiger partial charge in [0.1, 0.15) is 0 Å². The Kier molecular flexibility index (Phi) is 6.88. The quantitative estimate of drug-likeness (QED) is 0.739. The Balaban J connectivity index is 0.00000192. The van der Waals surface area contributed by atoms with Gasteiger partial charge in [-0.15, -0.1) is 12.4 Å². The van der Waals surface area contributed by atoms with E-state index in [-0.39, 0.29) is 12.4 Å². The molecule has 0 radical (unpaired) electrons. The van der Waals surface area contributed by atoms with Crippen LogP contribution in [0.2, 0.25) is 0 Å². The van der Waals surface area contributed by atoms with Gasteiger partial charge in [-0.25, -0.2) is 0 Å². The van der Waals surface area contributed by atoms with Gasteiger partial charge < -0.3 is 4.90 Å². The number of benzene rings is 2. The first-order valence-electron chi connectivity index (χ1n) is 8.32. The fourth-order valence-corrected chi connectivity index (χ4v) is 3.22. The van der Waals surface area contributed by atoms with E-state index in [4.69, 9.17) is 0 Å². The van der Waals surface area contributed by atoms with Crippen LogP contribution in [0, 0.1) is 5.92 Å². The molecule has 2 heteroatoms. The Morgan fingerprint density at radius 1 is 0.913 bits per heavy atom. The van der Waals surface area contributed by atoms with Crippen molar-refractivity contribution in [1.29, 1.82) is 0 Å². The van der Waals surface area contributed by atoms with Gasteiger partial charge in [0.2, 0.25) is 0 Å². The van der Waals surface area contributed by atoms with Crippen molar-refractivity contribution in [3.63, 3.8) is 0 Å². The van der Waals surface area contributed by atoms with E-state index in [1.807, 2.05) is 0 Å². The summed E-state index contributed by atoms with van der Waals surface area (Å²) in [5.74, 6) is 0.832. The van der Waals surface area contributed by atoms with Crippen LogP contribution in [0.1, 0.15) is 30.4 Å². The Morgan fingerprint density at radius 3 is 1.87 bits per heavy atom. The van der Waals surface area contributed by atoms with Crippen molar-refractivity contribution < 1.29 is 0 Å². The molecule has 1 fully saturated rings. The van der Waals surface area contributed by atoms with Crippen LogP contribution in [-0.2, 0) is 0 Å². The minimum absolute atomic E-state index is 0. The SMILES string of the molecule is CN1CCC(CC=C(c2ccccc2)c2ccccc2)CC1.Cl. The lowest BCUT2D eigenvalue weighted by Gasteiger charge is -2.28. The van der Waals surface area contributed by atoms with Crippen LogP contribution in [0.25, 0.3) is 5.57 Å². The molecule has 1 aliphatic heterocycles. The van der Waals surface area contributed by atoms with E-state index >= 15 is 0 Å². The third kappa shape index (κ3) is 4.95. The molecule has 0 atom stereocenters. The molecular formula is C21H26ClN. The molecule has 0 saturated carbocycles. The Bertz CT molecular complexity index is 557. The summed E-state index contributed by atoms with van der Waals surface area (Å²) in [4.78, 5) is 2.44. The first-order valence-corrected chi connectivity index (χ1v) is 8.32. The molecule has 0 N–H and O–H groups in total. The highest BCUT2D eigenvalue weighted by molar-refractivity contribution is 5.85. The average Bonchev–Trinajstić information content (AvgIpc) is 2.59. The molecule has 0 aliphatic carbocycles. The summed E-state index contributed by atoms with van der Waals surface area (Å²) >= 11 is 0. The van der Waals surface area contributed by atoms with Crippen LogP contribution < -0.4 is 0 Å². The minimum atomic E-state index is 0. The smallest absolute Gasteiger partial charge is 0.00190 e. The van der Waals surface area contributed by atoms with Crippen molar-refractivity contribution >= 4 is 18.0 Å². The zero-order valence-corrected chi connectivity index (χ0v) is 14.6. The molecule has 122 valence electrons. The standard InChI is InChI=1S/C21H25N.ClH/c1-22-16-14-18(15-17-22)12-13-21(19-8-4-2-5-9-19)20-10-6-3-7-11-20;/h2-11,13,18H,12,14-17H2,1H3;1H. The van der Waals surface area contributed by atoms with Gasteiger partial charge in [-0.1, -0.05) is 66.7 Å². The molecule has 0 unspecified atom stereocenters. The maximum atomic E-state index is 2.46. The fourth-order valence-electron chi connectivity index (χ4n) is 3.22. The number of rotatable bonds is 4. The first-order chi connectivity index (χ1) is 10.8. The van der Waals surface area contributed by atoms with E-state index in [0.717, 1.165) is 5.92 Å². The molecular weight excluding hydrogens is 302 g/mol. The Labute approximate surface area is 146 Å². The second-order valence-corrected chi connectivity index (χ2v) is 6.33. The molecule has 3 rings (SSSR count). The summed E-state index contributed by atoms with van der Waals surface area (Å²) in [5, 5.41) is 0. The molecule has 2 aromatic rings. The van der Waals surface area contributed by atoms with Crippen LogP contribution in [0.5, 0.6) is 0 Å². The van der Waals surface area contributed by atoms with E-state index in [0.29, 0.717) is 0 Å². The highest BCUT2D eigenvalue weighted by atomic mass is 35.5. The number of hydrogen-bond acceptors (Lipinski definition) is 1. The number of hydrogen-bond donors (Lipinski definition) is 0. The zero-order chi connectivity index (χ0) is 15.2. The Morgan fingerprint density at radius 2 is 1.39 bits per heavy atom. The van der Waals surface area contributed by atoms with Gasteiger partial charge >= 0.3 is 0 Å². The predicted molar refractivity (Wildman–Crippen MR) is 102 cm³/mol.